The number of pyridine rings is 1. The van der Waals surface area contributed by atoms with Crippen LogP contribution in [0.2, 0.25) is 0 Å². The first-order chi connectivity index (χ1) is 12.7. The topological polar surface area (TPSA) is 60.5 Å². The molecular weight excluding hydrogens is 328 g/mol. The van der Waals surface area contributed by atoms with Crippen molar-refractivity contribution in [1.82, 2.24) is 10.3 Å². The van der Waals surface area contributed by atoms with E-state index >= 15 is 0 Å². The Balaban J connectivity index is 1.56. The van der Waals surface area contributed by atoms with E-state index in [1.54, 1.807) is 43.6 Å². The lowest BCUT2D eigenvalue weighted by atomic mass is 10.1. The van der Waals surface area contributed by atoms with Gasteiger partial charge in [0.1, 0.15) is 11.5 Å². The Labute approximate surface area is 152 Å². The number of nitrogens with zero attached hydrogens (tertiary/aromatic N) is 1. The second-order valence-electron chi connectivity index (χ2n) is 5.66. The summed E-state index contributed by atoms with van der Waals surface area (Å²) >= 11 is 0. The molecule has 0 saturated heterocycles. The summed E-state index contributed by atoms with van der Waals surface area (Å²) in [5.74, 6) is 1.74. The SMILES string of the molecule is COc1cccc(CCNC(=O)c2cccc(Oc3ccccn3)c2)c1. The smallest absolute Gasteiger partial charge is 0.251 e. The van der Waals surface area contributed by atoms with E-state index in [-0.39, 0.29) is 5.91 Å². The van der Waals surface area contributed by atoms with Gasteiger partial charge < -0.3 is 14.8 Å². The third-order valence-electron chi connectivity index (χ3n) is 3.79. The van der Waals surface area contributed by atoms with E-state index in [2.05, 4.69) is 10.3 Å². The number of nitrogens with one attached hydrogen (secondary N) is 1. The van der Waals surface area contributed by atoms with Gasteiger partial charge in [0.25, 0.3) is 5.91 Å². The summed E-state index contributed by atoms with van der Waals surface area (Å²) in [4.78, 5) is 16.5. The number of hydrogen-bond acceptors (Lipinski definition) is 4. The monoisotopic (exact) mass is 348 g/mol. The van der Waals surface area contributed by atoms with Crippen LogP contribution in [0.25, 0.3) is 0 Å². The molecule has 5 heteroatoms. The molecule has 0 saturated carbocycles. The van der Waals surface area contributed by atoms with Gasteiger partial charge in [0, 0.05) is 24.4 Å². The van der Waals surface area contributed by atoms with Crippen LogP contribution in [0, 0.1) is 0 Å². The van der Waals surface area contributed by atoms with Crippen molar-refractivity contribution in [2.24, 2.45) is 0 Å². The third-order valence-corrected chi connectivity index (χ3v) is 3.79. The number of carbonyl (C=O) groups is 1. The molecule has 0 bridgehead atoms. The molecule has 3 aromatic rings. The van der Waals surface area contributed by atoms with E-state index in [0.29, 0.717) is 23.7 Å². The highest BCUT2D eigenvalue weighted by Crippen LogP contribution is 2.20. The number of aromatic nitrogens is 1. The average Bonchev–Trinajstić information content (AvgIpc) is 2.69. The van der Waals surface area contributed by atoms with Crippen LogP contribution in [-0.4, -0.2) is 24.5 Å². The molecule has 3 rings (SSSR count). The maximum absolute atomic E-state index is 12.4. The lowest BCUT2D eigenvalue weighted by Gasteiger charge is -2.08. The summed E-state index contributed by atoms with van der Waals surface area (Å²) in [7, 11) is 1.64. The molecule has 26 heavy (non-hydrogen) atoms. The van der Waals surface area contributed by atoms with Gasteiger partial charge in [-0.2, -0.15) is 0 Å². The van der Waals surface area contributed by atoms with Gasteiger partial charge in [-0.25, -0.2) is 4.98 Å². The molecule has 0 fully saturated rings. The molecule has 1 aromatic heterocycles. The van der Waals surface area contributed by atoms with Gasteiger partial charge in [-0.05, 0) is 48.4 Å². The Bertz CT molecular complexity index is 866. The summed E-state index contributed by atoms with van der Waals surface area (Å²) in [6, 6.07) is 20.3. The normalized spacial score (nSPS) is 10.2. The van der Waals surface area contributed by atoms with Crippen LogP contribution in [0.5, 0.6) is 17.4 Å². The molecule has 132 valence electrons. The molecule has 0 aliphatic heterocycles. The fraction of sp³-hybridized carbons (Fsp3) is 0.143. The molecule has 0 radical (unpaired) electrons. The lowest BCUT2D eigenvalue weighted by molar-refractivity contribution is 0.0954. The quantitative estimate of drug-likeness (QED) is 0.704. The highest BCUT2D eigenvalue weighted by Gasteiger charge is 2.07. The van der Waals surface area contributed by atoms with E-state index in [1.807, 2.05) is 36.4 Å². The number of ether oxygens (including phenoxy) is 2. The van der Waals surface area contributed by atoms with Crippen LogP contribution in [0.4, 0.5) is 0 Å². The van der Waals surface area contributed by atoms with Gasteiger partial charge in [0.2, 0.25) is 5.88 Å². The van der Waals surface area contributed by atoms with Crippen LogP contribution >= 0.6 is 0 Å². The van der Waals surface area contributed by atoms with E-state index in [1.165, 1.54) is 0 Å². The summed E-state index contributed by atoms with van der Waals surface area (Å²) in [5, 5.41) is 2.93. The molecule has 0 aliphatic carbocycles. The average molecular weight is 348 g/mol. The molecule has 0 spiro atoms. The summed E-state index contributed by atoms with van der Waals surface area (Å²) in [5.41, 5.74) is 1.65. The van der Waals surface area contributed by atoms with Crippen molar-refractivity contribution in [1.29, 1.82) is 0 Å². The number of methoxy groups -OCH3 is 1. The lowest BCUT2D eigenvalue weighted by Crippen LogP contribution is -2.25. The predicted molar refractivity (Wildman–Crippen MR) is 99.8 cm³/mol. The fourth-order valence-electron chi connectivity index (χ4n) is 2.48. The first kappa shape index (κ1) is 17.5. The Morgan fingerprint density at radius 1 is 1.00 bits per heavy atom. The van der Waals surface area contributed by atoms with Crippen molar-refractivity contribution in [3.05, 3.63) is 84.1 Å². The second kappa shape index (κ2) is 8.67. The van der Waals surface area contributed by atoms with Crippen molar-refractivity contribution in [2.75, 3.05) is 13.7 Å². The maximum Gasteiger partial charge on any atom is 0.251 e. The van der Waals surface area contributed by atoms with Crippen molar-refractivity contribution in [3.8, 4) is 17.4 Å². The van der Waals surface area contributed by atoms with Crippen LogP contribution in [0.1, 0.15) is 15.9 Å². The van der Waals surface area contributed by atoms with Crippen LogP contribution < -0.4 is 14.8 Å². The van der Waals surface area contributed by atoms with Gasteiger partial charge in [0.15, 0.2) is 0 Å². The van der Waals surface area contributed by atoms with Crippen molar-refractivity contribution >= 4 is 5.91 Å². The molecule has 1 amide bonds. The van der Waals surface area contributed by atoms with E-state index < -0.39 is 0 Å². The Morgan fingerprint density at radius 3 is 2.65 bits per heavy atom. The Kier molecular flexibility index (Phi) is 5.83. The minimum atomic E-state index is -0.139. The second-order valence-corrected chi connectivity index (χ2v) is 5.66. The summed E-state index contributed by atoms with van der Waals surface area (Å²) in [6.07, 6.45) is 2.39. The number of amides is 1. The van der Waals surface area contributed by atoms with Crippen molar-refractivity contribution < 1.29 is 14.3 Å². The van der Waals surface area contributed by atoms with Crippen molar-refractivity contribution in [3.63, 3.8) is 0 Å². The third kappa shape index (κ3) is 4.83. The number of hydrogen-bond donors (Lipinski definition) is 1. The standard InChI is InChI=1S/C21H20N2O3/c1-25-18-8-4-6-16(14-18)11-13-23-21(24)17-7-5-9-19(15-17)26-20-10-2-3-12-22-20/h2-10,12,14-15H,11,13H2,1H3,(H,23,24). The molecule has 5 nitrogen and oxygen atoms in total. The molecule has 0 atom stereocenters. The number of carbonyl (C=O) groups excluding carboxylic acids is 1. The van der Waals surface area contributed by atoms with Gasteiger partial charge in [-0.15, -0.1) is 0 Å². The van der Waals surface area contributed by atoms with E-state index in [4.69, 9.17) is 9.47 Å². The zero-order valence-corrected chi connectivity index (χ0v) is 14.5. The minimum Gasteiger partial charge on any atom is -0.497 e. The number of rotatable bonds is 7. The zero-order valence-electron chi connectivity index (χ0n) is 14.5. The van der Waals surface area contributed by atoms with Crippen molar-refractivity contribution in [2.45, 2.75) is 6.42 Å². The largest absolute Gasteiger partial charge is 0.497 e. The summed E-state index contributed by atoms with van der Waals surface area (Å²) < 4.78 is 10.9. The highest BCUT2D eigenvalue weighted by molar-refractivity contribution is 5.94. The molecule has 1 N–H and O–H groups in total. The zero-order chi connectivity index (χ0) is 18.2. The van der Waals surface area contributed by atoms with Gasteiger partial charge in [0.05, 0.1) is 7.11 Å². The van der Waals surface area contributed by atoms with Crippen LogP contribution in [0.15, 0.2) is 72.9 Å². The van der Waals surface area contributed by atoms with E-state index in [0.717, 1.165) is 17.7 Å². The predicted octanol–water partition coefficient (Wildman–Crippen LogP) is 3.86. The number of benzene rings is 2. The fourth-order valence-corrected chi connectivity index (χ4v) is 2.48. The first-order valence-electron chi connectivity index (χ1n) is 8.35. The molecule has 2 aromatic carbocycles. The van der Waals surface area contributed by atoms with E-state index in [9.17, 15) is 4.79 Å². The first-order valence-corrected chi connectivity index (χ1v) is 8.35. The molecule has 1 heterocycles. The van der Waals surface area contributed by atoms with Crippen LogP contribution in [-0.2, 0) is 6.42 Å². The van der Waals surface area contributed by atoms with Gasteiger partial charge in [-0.1, -0.05) is 24.3 Å². The molecular formula is C21H20N2O3. The molecule has 0 aliphatic rings. The van der Waals surface area contributed by atoms with Gasteiger partial charge >= 0.3 is 0 Å². The van der Waals surface area contributed by atoms with Gasteiger partial charge in [-0.3, -0.25) is 4.79 Å². The summed E-state index contributed by atoms with van der Waals surface area (Å²) in [6.45, 7) is 0.539. The van der Waals surface area contributed by atoms with Crippen LogP contribution in [0.3, 0.4) is 0 Å². The minimum absolute atomic E-state index is 0.139. The maximum atomic E-state index is 12.4. The Hall–Kier alpha value is -3.34. The molecule has 0 unspecified atom stereocenters. The highest BCUT2D eigenvalue weighted by atomic mass is 16.5. The Morgan fingerprint density at radius 2 is 1.85 bits per heavy atom.